The lowest BCUT2D eigenvalue weighted by atomic mass is 9.97. The first-order valence-corrected chi connectivity index (χ1v) is 9.39. The molecule has 102 valence electrons. The average Bonchev–Trinajstić information content (AvgIpc) is 2.26. The van der Waals surface area contributed by atoms with Crippen molar-refractivity contribution in [2.24, 2.45) is 0 Å². The molecule has 0 saturated carbocycles. The van der Waals surface area contributed by atoms with E-state index >= 15 is 0 Å². The summed E-state index contributed by atoms with van der Waals surface area (Å²) in [5, 5.41) is 10.7. The first-order chi connectivity index (χ1) is 8.06. The maximum Gasteiger partial charge on any atom is 0.192 e. The fraction of sp³-hybridized carbons (Fsp3) is 0.600. The number of hydrogen-bond donors (Lipinski definition) is 1. The molecule has 0 bridgehead atoms. The summed E-state index contributed by atoms with van der Waals surface area (Å²) in [6, 6.07) is 9.71. The SMILES string of the molecule is CC(C)(C)[Si](C)(C)OC[C@](C)(O)c1ccccc1. The molecule has 1 aromatic carbocycles. The lowest BCUT2D eigenvalue weighted by molar-refractivity contribution is 0.00261. The summed E-state index contributed by atoms with van der Waals surface area (Å²) in [4.78, 5) is 0. The van der Waals surface area contributed by atoms with Crippen molar-refractivity contribution < 1.29 is 9.53 Å². The average molecular weight is 266 g/mol. The van der Waals surface area contributed by atoms with E-state index in [0.29, 0.717) is 6.61 Å². The van der Waals surface area contributed by atoms with Gasteiger partial charge in [-0.15, -0.1) is 0 Å². The predicted octanol–water partition coefficient (Wildman–Crippen LogP) is 3.92. The Labute approximate surface area is 112 Å². The van der Waals surface area contributed by atoms with Crippen LogP contribution < -0.4 is 0 Å². The van der Waals surface area contributed by atoms with Gasteiger partial charge < -0.3 is 9.53 Å². The third kappa shape index (κ3) is 3.67. The van der Waals surface area contributed by atoms with Crippen molar-refractivity contribution in [1.82, 2.24) is 0 Å². The van der Waals surface area contributed by atoms with Crippen molar-refractivity contribution in [3.63, 3.8) is 0 Å². The van der Waals surface area contributed by atoms with E-state index < -0.39 is 13.9 Å². The first-order valence-electron chi connectivity index (χ1n) is 6.48. The van der Waals surface area contributed by atoms with Gasteiger partial charge in [0.15, 0.2) is 8.32 Å². The molecule has 0 amide bonds. The molecule has 0 aromatic heterocycles. The Balaban J connectivity index is 2.74. The maximum absolute atomic E-state index is 10.5. The van der Waals surface area contributed by atoms with Gasteiger partial charge in [0.1, 0.15) is 5.60 Å². The Morgan fingerprint density at radius 2 is 1.56 bits per heavy atom. The van der Waals surface area contributed by atoms with Crippen LogP contribution in [0.2, 0.25) is 18.1 Å². The van der Waals surface area contributed by atoms with Crippen LogP contribution in [0.25, 0.3) is 0 Å². The van der Waals surface area contributed by atoms with Gasteiger partial charge in [0, 0.05) is 0 Å². The minimum atomic E-state index is -1.81. The third-order valence-corrected chi connectivity index (χ3v) is 8.39. The summed E-state index contributed by atoms with van der Waals surface area (Å²) in [5.41, 5.74) is -0.0136. The van der Waals surface area contributed by atoms with Gasteiger partial charge in [-0.25, -0.2) is 0 Å². The van der Waals surface area contributed by atoms with Gasteiger partial charge in [-0.3, -0.25) is 0 Å². The van der Waals surface area contributed by atoms with Crippen LogP contribution in [0.4, 0.5) is 0 Å². The molecular weight excluding hydrogens is 240 g/mol. The molecular formula is C15H26O2Si. The smallest absolute Gasteiger partial charge is 0.192 e. The number of aliphatic hydroxyl groups is 1. The standard InChI is InChI=1S/C15H26O2Si/c1-14(2,3)18(5,6)17-12-15(4,16)13-10-8-7-9-11-13/h7-11,16H,12H2,1-6H3/t15-/m0/s1. The highest BCUT2D eigenvalue weighted by Gasteiger charge is 2.39. The Morgan fingerprint density at radius 1 is 1.06 bits per heavy atom. The lowest BCUT2D eigenvalue weighted by Gasteiger charge is -2.38. The monoisotopic (exact) mass is 266 g/mol. The normalized spacial score (nSPS) is 16.4. The Hall–Kier alpha value is -0.643. The van der Waals surface area contributed by atoms with Crippen molar-refractivity contribution in [2.45, 2.75) is 51.4 Å². The molecule has 0 radical (unpaired) electrons. The van der Waals surface area contributed by atoms with Gasteiger partial charge in [0.05, 0.1) is 6.61 Å². The number of benzene rings is 1. The molecule has 1 rings (SSSR count). The van der Waals surface area contributed by atoms with E-state index in [1.54, 1.807) is 0 Å². The molecule has 0 spiro atoms. The molecule has 2 nitrogen and oxygen atoms in total. The highest BCUT2D eigenvalue weighted by molar-refractivity contribution is 6.74. The van der Waals surface area contributed by atoms with E-state index in [0.717, 1.165) is 5.56 Å². The van der Waals surface area contributed by atoms with Crippen LogP contribution >= 0.6 is 0 Å². The zero-order valence-corrected chi connectivity index (χ0v) is 13.4. The van der Waals surface area contributed by atoms with Crippen LogP contribution in [-0.2, 0) is 10.0 Å². The molecule has 0 unspecified atom stereocenters. The third-order valence-electron chi connectivity index (χ3n) is 3.92. The molecule has 0 fully saturated rings. The van der Waals surface area contributed by atoms with Crippen molar-refractivity contribution in [3.05, 3.63) is 35.9 Å². The van der Waals surface area contributed by atoms with Gasteiger partial charge in [0.25, 0.3) is 0 Å². The molecule has 18 heavy (non-hydrogen) atoms. The van der Waals surface area contributed by atoms with Crippen LogP contribution in [0, 0.1) is 0 Å². The van der Waals surface area contributed by atoms with E-state index in [2.05, 4.69) is 33.9 Å². The Morgan fingerprint density at radius 3 is 2.00 bits per heavy atom. The van der Waals surface area contributed by atoms with Crippen LogP contribution in [0.3, 0.4) is 0 Å². The van der Waals surface area contributed by atoms with E-state index in [4.69, 9.17) is 4.43 Å². The fourth-order valence-corrected chi connectivity index (χ4v) is 2.49. The molecule has 0 saturated heterocycles. The highest BCUT2D eigenvalue weighted by Crippen LogP contribution is 2.37. The van der Waals surface area contributed by atoms with Crippen LogP contribution in [0.1, 0.15) is 33.3 Å². The molecule has 1 aromatic rings. The first kappa shape index (κ1) is 15.4. The number of rotatable bonds is 4. The van der Waals surface area contributed by atoms with E-state index in [1.165, 1.54) is 0 Å². The molecule has 0 aliphatic heterocycles. The minimum Gasteiger partial charge on any atom is -0.414 e. The Kier molecular flexibility index (Phi) is 4.41. The maximum atomic E-state index is 10.5. The van der Waals surface area contributed by atoms with E-state index in [1.807, 2.05) is 37.3 Å². The lowest BCUT2D eigenvalue weighted by Crippen LogP contribution is -2.44. The summed E-state index contributed by atoms with van der Waals surface area (Å²) >= 11 is 0. The zero-order valence-electron chi connectivity index (χ0n) is 12.4. The van der Waals surface area contributed by atoms with E-state index in [-0.39, 0.29) is 5.04 Å². The second-order valence-corrected chi connectivity index (χ2v) is 11.5. The quantitative estimate of drug-likeness (QED) is 0.837. The molecule has 0 aliphatic carbocycles. The zero-order chi connectivity index (χ0) is 14.0. The van der Waals surface area contributed by atoms with Gasteiger partial charge in [-0.05, 0) is 30.6 Å². The van der Waals surface area contributed by atoms with Gasteiger partial charge in [-0.2, -0.15) is 0 Å². The van der Waals surface area contributed by atoms with E-state index in [9.17, 15) is 5.11 Å². The predicted molar refractivity (Wildman–Crippen MR) is 79.2 cm³/mol. The van der Waals surface area contributed by atoms with Gasteiger partial charge in [-0.1, -0.05) is 51.1 Å². The summed E-state index contributed by atoms with van der Waals surface area (Å²) in [6.45, 7) is 13.2. The number of hydrogen-bond acceptors (Lipinski definition) is 2. The molecule has 3 heteroatoms. The highest BCUT2D eigenvalue weighted by atomic mass is 28.4. The molecule has 1 atom stereocenters. The van der Waals surface area contributed by atoms with Gasteiger partial charge >= 0.3 is 0 Å². The van der Waals surface area contributed by atoms with Gasteiger partial charge in [0.2, 0.25) is 0 Å². The summed E-state index contributed by atoms with van der Waals surface area (Å²) in [7, 11) is -1.81. The second-order valence-electron chi connectivity index (χ2n) is 6.69. The summed E-state index contributed by atoms with van der Waals surface area (Å²) in [6.07, 6.45) is 0. The largest absolute Gasteiger partial charge is 0.414 e. The fourth-order valence-electron chi connectivity index (χ4n) is 1.42. The van der Waals surface area contributed by atoms with Crippen LogP contribution in [0.5, 0.6) is 0 Å². The second kappa shape index (κ2) is 5.15. The van der Waals surface area contributed by atoms with Crippen molar-refractivity contribution in [2.75, 3.05) is 6.61 Å². The summed E-state index contributed by atoms with van der Waals surface area (Å²) < 4.78 is 6.10. The van der Waals surface area contributed by atoms with Crippen molar-refractivity contribution in [1.29, 1.82) is 0 Å². The molecule has 0 aliphatic rings. The summed E-state index contributed by atoms with van der Waals surface area (Å²) in [5.74, 6) is 0. The molecule has 0 heterocycles. The van der Waals surface area contributed by atoms with Crippen molar-refractivity contribution >= 4 is 8.32 Å². The van der Waals surface area contributed by atoms with Crippen LogP contribution in [-0.4, -0.2) is 20.0 Å². The Bertz CT molecular complexity index is 377. The molecule has 1 N–H and O–H groups in total. The van der Waals surface area contributed by atoms with Crippen molar-refractivity contribution in [3.8, 4) is 0 Å². The van der Waals surface area contributed by atoms with Crippen LogP contribution in [0.15, 0.2) is 30.3 Å². The topological polar surface area (TPSA) is 29.5 Å². The minimum absolute atomic E-state index is 0.166.